The van der Waals surface area contributed by atoms with Crippen molar-refractivity contribution in [3.05, 3.63) is 65.7 Å². The Morgan fingerprint density at radius 3 is 2.76 bits per heavy atom. The maximum Gasteiger partial charge on any atom is 0.226 e. The first-order valence-corrected chi connectivity index (χ1v) is 9.47. The molecule has 7 nitrogen and oxygen atoms in total. The maximum absolute atomic E-state index is 13.0. The van der Waals surface area contributed by atoms with Gasteiger partial charge in [0.1, 0.15) is 11.6 Å². The second-order valence-corrected chi connectivity index (χ2v) is 6.89. The van der Waals surface area contributed by atoms with Crippen LogP contribution in [0.15, 0.2) is 47.1 Å². The summed E-state index contributed by atoms with van der Waals surface area (Å²) in [5, 5.41) is 6.78. The van der Waals surface area contributed by atoms with Crippen molar-refractivity contribution in [2.75, 3.05) is 0 Å². The Morgan fingerprint density at radius 1 is 1.24 bits per heavy atom. The zero-order chi connectivity index (χ0) is 20.6. The minimum absolute atomic E-state index is 0.0635. The number of amides is 1. The van der Waals surface area contributed by atoms with Gasteiger partial charge in [0.2, 0.25) is 17.7 Å². The van der Waals surface area contributed by atoms with Gasteiger partial charge >= 0.3 is 0 Å². The molecule has 3 rings (SSSR count). The number of hydrogen-bond donors (Lipinski definition) is 1. The highest BCUT2D eigenvalue weighted by Crippen LogP contribution is 2.20. The number of halogens is 1. The van der Waals surface area contributed by atoms with Crippen molar-refractivity contribution in [1.82, 2.24) is 20.4 Å². The number of aromatic nitrogens is 3. The number of hydrogen-bond acceptors (Lipinski definition) is 6. The van der Waals surface area contributed by atoms with Crippen molar-refractivity contribution < 1.29 is 18.4 Å². The monoisotopic (exact) mass is 398 g/mol. The van der Waals surface area contributed by atoms with Crippen LogP contribution in [0.2, 0.25) is 0 Å². The standard InChI is InChI=1S/C21H23FN4O3/c1-14(2)21-25-19(29-26-21)5-3-4-18(27)24-13-15-10-11-23-20(12-15)28-17-8-6-16(22)7-9-17/h6-12,14H,3-5,13H2,1-2H3,(H,24,27). The third-order valence-electron chi connectivity index (χ3n) is 4.12. The highest BCUT2D eigenvalue weighted by atomic mass is 19.1. The van der Waals surface area contributed by atoms with Gasteiger partial charge < -0.3 is 14.6 Å². The van der Waals surface area contributed by atoms with Gasteiger partial charge in [-0.1, -0.05) is 19.0 Å². The summed E-state index contributed by atoms with van der Waals surface area (Å²) in [6, 6.07) is 9.21. The van der Waals surface area contributed by atoms with Crippen molar-refractivity contribution in [2.45, 2.75) is 45.6 Å². The Labute approximate surface area is 168 Å². The molecule has 3 aromatic rings. The van der Waals surface area contributed by atoms with Gasteiger partial charge in [-0.15, -0.1) is 0 Å². The lowest BCUT2D eigenvalue weighted by molar-refractivity contribution is -0.121. The molecule has 0 saturated heterocycles. The van der Waals surface area contributed by atoms with E-state index in [1.807, 2.05) is 13.8 Å². The Balaban J connectivity index is 1.43. The van der Waals surface area contributed by atoms with Crippen LogP contribution in [0.4, 0.5) is 4.39 Å². The van der Waals surface area contributed by atoms with Crippen molar-refractivity contribution >= 4 is 5.91 Å². The van der Waals surface area contributed by atoms with E-state index in [2.05, 4.69) is 20.4 Å². The SMILES string of the molecule is CC(C)c1noc(CCCC(=O)NCc2ccnc(Oc3ccc(F)cc3)c2)n1. The molecule has 0 saturated carbocycles. The smallest absolute Gasteiger partial charge is 0.226 e. The van der Waals surface area contributed by atoms with E-state index in [0.29, 0.717) is 49.2 Å². The van der Waals surface area contributed by atoms with Crippen molar-refractivity contribution in [1.29, 1.82) is 0 Å². The number of rotatable bonds is 9. The second-order valence-electron chi connectivity index (χ2n) is 6.89. The van der Waals surface area contributed by atoms with Crippen LogP contribution in [-0.2, 0) is 17.8 Å². The highest BCUT2D eigenvalue weighted by Gasteiger charge is 2.10. The molecule has 0 aliphatic heterocycles. The molecule has 29 heavy (non-hydrogen) atoms. The van der Waals surface area contributed by atoms with E-state index in [1.165, 1.54) is 24.3 Å². The molecule has 152 valence electrons. The lowest BCUT2D eigenvalue weighted by atomic mass is 10.2. The Kier molecular flexibility index (Phi) is 6.89. The number of aryl methyl sites for hydroxylation is 1. The Hall–Kier alpha value is -3.29. The number of carbonyl (C=O) groups excluding carboxylic acids is 1. The summed E-state index contributed by atoms with van der Waals surface area (Å²) in [5.41, 5.74) is 0.851. The number of nitrogens with one attached hydrogen (secondary N) is 1. The first-order valence-electron chi connectivity index (χ1n) is 9.47. The van der Waals surface area contributed by atoms with Gasteiger partial charge in [-0.25, -0.2) is 9.37 Å². The van der Waals surface area contributed by atoms with Crippen LogP contribution in [0.25, 0.3) is 0 Å². The Morgan fingerprint density at radius 2 is 2.03 bits per heavy atom. The number of nitrogens with zero attached hydrogens (tertiary/aromatic N) is 3. The molecule has 8 heteroatoms. The number of pyridine rings is 1. The van der Waals surface area contributed by atoms with E-state index >= 15 is 0 Å². The molecule has 0 fully saturated rings. The van der Waals surface area contributed by atoms with Gasteiger partial charge in [0.15, 0.2) is 5.82 Å². The molecule has 1 N–H and O–H groups in total. The van der Waals surface area contributed by atoms with E-state index in [9.17, 15) is 9.18 Å². The average Bonchev–Trinajstić information content (AvgIpc) is 3.18. The predicted octanol–water partition coefficient (Wildman–Crippen LogP) is 4.16. The van der Waals surface area contributed by atoms with Gasteiger partial charge in [0, 0.05) is 37.6 Å². The van der Waals surface area contributed by atoms with E-state index in [0.717, 1.165) is 5.56 Å². The van der Waals surface area contributed by atoms with Gasteiger partial charge in [0.05, 0.1) is 0 Å². The summed E-state index contributed by atoms with van der Waals surface area (Å²) in [5.74, 6) is 1.92. The molecule has 2 aromatic heterocycles. The molecule has 1 amide bonds. The van der Waals surface area contributed by atoms with Crippen LogP contribution < -0.4 is 10.1 Å². The summed E-state index contributed by atoms with van der Waals surface area (Å²) in [6.45, 7) is 4.35. The van der Waals surface area contributed by atoms with E-state index in [-0.39, 0.29) is 17.6 Å². The van der Waals surface area contributed by atoms with Gasteiger partial charge in [-0.2, -0.15) is 4.98 Å². The van der Waals surface area contributed by atoms with Crippen LogP contribution in [0.1, 0.15) is 49.9 Å². The van der Waals surface area contributed by atoms with Crippen LogP contribution in [-0.4, -0.2) is 21.0 Å². The fraction of sp³-hybridized carbons (Fsp3) is 0.333. The quantitative estimate of drug-likeness (QED) is 0.582. The first kappa shape index (κ1) is 20.4. The van der Waals surface area contributed by atoms with Crippen molar-refractivity contribution in [3.8, 4) is 11.6 Å². The lowest BCUT2D eigenvalue weighted by Gasteiger charge is -2.08. The van der Waals surface area contributed by atoms with Crippen molar-refractivity contribution in [2.24, 2.45) is 0 Å². The van der Waals surface area contributed by atoms with E-state index in [1.54, 1.807) is 18.3 Å². The average molecular weight is 398 g/mol. The first-order chi connectivity index (χ1) is 14.0. The largest absolute Gasteiger partial charge is 0.439 e. The summed E-state index contributed by atoms with van der Waals surface area (Å²) in [7, 11) is 0. The molecule has 1 aromatic carbocycles. The molecule has 0 spiro atoms. The fourth-order valence-electron chi connectivity index (χ4n) is 2.53. The van der Waals surface area contributed by atoms with E-state index in [4.69, 9.17) is 9.26 Å². The summed E-state index contributed by atoms with van der Waals surface area (Å²) >= 11 is 0. The topological polar surface area (TPSA) is 90.1 Å². The number of ether oxygens (including phenoxy) is 1. The molecule has 0 unspecified atom stereocenters. The predicted molar refractivity (Wildman–Crippen MR) is 104 cm³/mol. The minimum atomic E-state index is -0.332. The molecule has 0 atom stereocenters. The fourth-order valence-corrected chi connectivity index (χ4v) is 2.53. The van der Waals surface area contributed by atoms with Crippen LogP contribution in [0.3, 0.4) is 0 Å². The minimum Gasteiger partial charge on any atom is -0.439 e. The maximum atomic E-state index is 13.0. The molecule has 0 aliphatic carbocycles. The number of carbonyl (C=O) groups is 1. The summed E-state index contributed by atoms with van der Waals surface area (Å²) < 4.78 is 23.7. The van der Waals surface area contributed by atoms with E-state index < -0.39 is 0 Å². The summed E-state index contributed by atoms with van der Waals surface area (Å²) in [4.78, 5) is 20.5. The zero-order valence-corrected chi connectivity index (χ0v) is 16.4. The van der Waals surface area contributed by atoms with Crippen LogP contribution in [0, 0.1) is 5.82 Å². The molecule has 0 aliphatic rings. The molecule has 2 heterocycles. The van der Waals surface area contributed by atoms with Gasteiger partial charge in [-0.05, 0) is 42.3 Å². The molecule has 0 bridgehead atoms. The molecule has 0 radical (unpaired) electrons. The highest BCUT2D eigenvalue weighted by molar-refractivity contribution is 5.75. The Bertz CT molecular complexity index is 941. The normalized spacial score (nSPS) is 10.9. The van der Waals surface area contributed by atoms with Crippen LogP contribution >= 0.6 is 0 Å². The molecular formula is C21H23FN4O3. The third kappa shape index (κ3) is 6.38. The summed E-state index contributed by atoms with van der Waals surface area (Å²) in [6.07, 6.45) is 3.16. The second kappa shape index (κ2) is 9.77. The molecular weight excluding hydrogens is 375 g/mol. The van der Waals surface area contributed by atoms with Crippen LogP contribution in [0.5, 0.6) is 11.6 Å². The zero-order valence-electron chi connectivity index (χ0n) is 16.4. The number of benzene rings is 1. The lowest BCUT2D eigenvalue weighted by Crippen LogP contribution is -2.22. The van der Waals surface area contributed by atoms with Gasteiger partial charge in [-0.3, -0.25) is 4.79 Å². The van der Waals surface area contributed by atoms with Crippen molar-refractivity contribution in [3.63, 3.8) is 0 Å². The van der Waals surface area contributed by atoms with Gasteiger partial charge in [0.25, 0.3) is 0 Å². The third-order valence-corrected chi connectivity index (χ3v) is 4.12.